The molecule has 0 fully saturated rings. The molecule has 7 nitrogen and oxygen atoms in total. The Morgan fingerprint density at radius 2 is 2.36 bits per heavy atom. The molecule has 2 aromatic rings. The van der Waals surface area contributed by atoms with Crippen LogP contribution in [0.15, 0.2) is 18.2 Å². The molecule has 0 aliphatic carbocycles. The van der Waals surface area contributed by atoms with Crippen molar-refractivity contribution in [2.75, 3.05) is 26.8 Å². The summed E-state index contributed by atoms with van der Waals surface area (Å²) in [6.45, 7) is 4.00. The number of ether oxygens (including phenoxy) is 2. The topological polar surface area (TPSA) is 77.4 Å². The van der Waals surface area contributed by atoms with E-state index in [1.165, 1.54) is 0 Å². The number of fused-ring (bicyclic) bond motifs is 3. The van der Waals surface area contributed by atoms with E-state index in [-0.39, 0.29) is 12.1 Å². The zero-order chi connectivity index (χ0) is 15.5. The van der Waals surface area contributed by atoms with E-state index < -0.39 is 0 Å². The van der Waals surface area contributed by atoms with Gasteiger partial charge in [0.05, 0.1) is 30.8 Å². The fourth-order valence-electron chi connectivity index (χ4n) is 2.70. The predicted octanol–water partition coefficient (Wildman–Crippen LogP) is 1.44. The van der Waals surface area contributed by atoms with Crippen LogP contribution in [0.4, 0.5) is 4.79 Å². The largest absolute Gasteiger partial charge is 0.497 e. The minimum atomic E-state index is -0.170. The summed E-state index contributed by atoms with van der Waals surface area (Å²) in [7, 11) is 1.64. The number of imidazole rings is 1. The molecule has 1 atom stereocenters. The van der Waals surface area contributed by atoms with Crippen molar-refractivity contribution in [1.29, 1.82) is 0 Å². The summed E-state index contributed by atoms with van der Waals surface area (Å²) in [4.78, 5) is 16.2. The maximum atomic E-state index is 11.6. The third-order valence-electron chi connectivity index (χ3n) is 3.71. The number of hydrogen-bond acceptors (Lipinski definition) is 4. The van der Waals surface area contributed by atoms with Gasteiger partial charge in [-0.3, -0.25) is 0 Å². The summed E-state index contributed by atoms with van der Waals surface area (Å²) in [5, 5.41) is 5.59. The predicted molar refractivity (Wildman–Crippen MR) is 82.1 cm³/mol. The van der Waals surface area contributed by atoms with E-state index in [0.29, 0.717) is 26.3 Å². The normalized spacial score (nSPS) is 17.1. The number of carbonyl (C=O) groups is 1. The highest BCUT2D eigenvalue weighted by Crippen LogP contribution is 2.28. The number of methoxy groups -OCH3 is 1. The molecule has 2 heterocycles. The lowest BCUT2D eigenvalue weighted by Crippen LogP contribution is -2.40. The smallest absolute Gasteiger partial charge is 0.314 e. The average Bonchev–Trinajstić information content (AvgIpc) is 2.91. The van der Waals surface area contributed by atoms with Crippen LogP contribution in [-0.2, 0) is 11.3 Å². The fourth-order valence-corrected chi connectivity index (χ4v) is 2.70. The number of benzene rings is 1. The van der Waals surface area contributed by atoms with E-state index in [4.69, 9.17) is 9.47 Å². The Balaban J connectivity index is 1.89. The molecule has 2 N–H and O–H groups in total. The van der Waals surface area contributed by atoms with Gasteiger partial charge in [0.25, 0.3) is 0 Å². The number of hydrogen-bond donors (Lipinski definition) is 2. The summed E-state index contributed by atoms with van der Waals surface area (Å²) in [6, 6.07) is 5.65. The molecular weight excluding hydrogens is 284 g/mol. The van der Waals surface area contributed by atoms with E-state index in [1.807, 2.05) is 25.1 Å². The maximum absolute atomic E-state index is 11.6. The number of carbonyl (C=O) groups excluding carboxylic acids is 1. The molecule has 3 rings (SSSR count). The van der Waals surface area contributed by atoms with Gasteiger partial charge in [0.15, 0.2) is 0 Å². The highest BCUT2D eigenvalue weighted by atomic mass is 16.5. The summed E-state index contributed by atoms with van der Waals surface area (Å²) in [5.41, 5.74) is 1.91. The van der Waals surface area contributed by atoms with Gasteiger partial charge in [-0.25, -0.2) is 9.78 Å². The van der Waals surface area contributed by atoms with E-state index >= 15 is 0 Å². The first-order chi connectivity index (χ1) is 10.7. The number of aromatic nitrogens is 2. The summed E-state index contributed by atoms with van der Waals surface area (Å²) in [5.74, 6) is 1.66. The van der Waals surface area contributed by atoms with Gasteiger partial charge in [-0.15, -0.1) is 0 Å². The van der Waals surface area contributed by atoms with Gasteiger partial charge in [-0.2, -0.15) is 0 Å². The van der Waals surface area contributed by atoms with Crippen LogP contribution >= 0.6 is 0 Å². The molecule has 1 aromatic heterocycles. The lowest BCUT2D eigenvalue weighted by Gasteiger charge is -2.26. The molecule has 1 unspecified atom stereocenters. The minimum Gasteiger partial charge on any atom is -0.497 e. The third-order valence-corrected chi connectivity index (χ3v) is 3.71. The molecule has 2 amide bonds. The minimum absolute atomic E-state index is 0.0171. The van der Waals surface area contributed by atoms with Gasteiger partial charge in [0.1, 0.15) is 18.2 Å². The molecule has 0 saturated carbocycles. The van der Waals surface area contributed by atoms with Gasteiger partial charge in [0.2, 0.25) is 0 Å². The highest BCUT2D eigenvalue weighted by Gasteiger charge is 2.24. The quantitative estimate of drug-likeness (QED) is 0.896. The lowest BCUT2D eigenvalue weighted by atomic mass is 10.2. The van der Waals surface area contributed by atoms with E-state index in [2.05, 4.69) is 20.2 Å². The first-order valence-corrected chi connectivity index (χ1v) is 7.37. The molecule has 22 heavy (non-hydrogen) atoms. The summed E-state index contributed by atoms with van der Waals surface area (Å²) in [6.07, 6.45) is 0. The molecule has 7 heteroatoms. The zero-order valence-electron chi connectivity index (χ0n) is 12.8. The van der Waals surface area contributed by atoms with E-state index in [1.54, 1.807) is 7.11 Å². The first-order valence-electron chi connectivity index (χ1n) is 7.37. The van der Waals surface area contributed by atoms with E-state index in [0.717, 1.165) is 22.6 Å². The van der Waals surface area contributed by atoms with Gasteiger partial charge in [-0.05, 0) is 19.1 Å². The molecule has 0 radical (unpaired) electrons. The summed E-state index contributed by atoms with van der Waals surface area (Å²) >= 11 is 0. The Labute approximate surface area is 128 Å². The second-order valence-corrected chi connectivity index (χ2v) is 5.16. The highest BCUT2D eigenvalue weighted by molar-refractivity contribution is 5.78. The fraction of sp³-hybridized carbons (Fsp3) is 0.467. The number of nitrogens with zero attached hydrogens (tertiary/aromatic N) is 2. The Morgan fingerprint density at radius 1 is 1.50 bits per heavy atom. The van der Waals surface area contributed by atoms with Crippen LogP contribution in [-0.4, -0.2) is 42.4 Å². The molecular formula is C15H20N4O3. The van der Waals surface area contributed by atoms with Crippen molar-refractivity contribution in [3.8, 4) is 5.75 Å². The first kappa shape index (κ1) is 14.6. The van der Waals surface area contributed by atoms with Crippen LogP contribution in [0.25, 0.3) is 11.0 Å². The monoisotopic (exact) mass is 304 g/mol. The Kier molecular flexibility index (Phi) is 4.15. The Bertz CT molecular complexity index is 683. The van der Waals surface area contributed by atoms with E-state index in [9.17, 15) is 4.79 Å². The molecule has 118 valence electrons. The van der Waals surface area contributed by atoms with Crippen LogP contribution in [0, 0.1) is 0 Å². The standard InChI is InChI=1S/C15H20N4O3/c1-3-16-15(20)17-7-10-8-22-9-14-18-12-5-4-11(21-2)6-13(12)19(10)14/h4-6,10H,3,7-9H2,1-2H3,(H2,16,17,20). The van der Waals surface area contributed by atoms with Crippen molar-refractivity contribution in [1.82, 2.24) is 20.2 Å². The number of rotatable bonds is 4. The van der Waals surface area contributed by atoms with Crippen molar-refractivity contribution < 1.29 is 14.3 Å². The average molecular weight is 304 g/mol. The van der Waals surface area contributed by atoms with Crippen LogP contribution in [0.5, 0.6) is 5.75 Å². The maximum Gasteiger partial charge on any atom is 0.314 e. The van der Waals surface area contributed by atoms with Crippen molar-refractivity contribution in [3.63, 3.8) is 0 Å². The van der Waals surface area contributed by atoms with Gasteiger partial charge in [-0.1, -0.05) is 0 Å². The number of amides is 2. The van der Waals surface area contributed by atoms with Crippen molar-refractivity contribution in [2.45, 2.75) is 19.6 Å². The molecule has 1 aromatic carbocycles. The molecule has 1 aliphatic rings. The SMILES string of the molecule is CCNC(=O)NCC1COCc2nc3ccc(OC)cc3n21. The van der Waals surface area contributed by atoms with Crippen LogP contribution < -0.4 is 15.4 Å². The Hall–Kier alpha value is -2.28. The van der Waals surface area contributed by atoms with Crippen LogP contribution in [0.2, 0.25) is 0 Å². The molecule has 0 spiro atoms. The zero-order valence-corrected chi connectivity index (χ0v) is 12.8. The van der Waals surface area contributed by atoms with Crippen molar-refractivity contribution in [3.05, 3.63) is 24.0 Å². The van der Waals surface area contributed by atoms with Crippen molar-refractivity contribution >= 4 is 17.1 Å². The molecule has 1 aliphatic heterocycles. The number of nitrogens with one attached hydrogen (secondary N) is 2. The van der Waals surface area contributed by atoms with Crippen LogP contribution in [0.1, 0.15) is 18.8 Å². The van der Waals surface area contributed by atoms with Crippen molar-refractivity contribution in [2.24, 2.45) is 0 Å². The van der Waals surface area contributed by atoms with Gasteiger partial charge < -0.3 is 24.7 Å². The molecule has 0 saturated heterocycles. The molecule has 0 bridgehead atoms. The second-order valence-electron chi connectivity index (χ2n) is 5.16. The second kappa shape index (κ2) is 6.23. The lowest BCUT2D eigenvalue weighted by molar-refractivity contribution is 0.0572. The van der Waals surface area contributed by atoms with Crippen LogP contribution in [0.3, 0.4) is 0 Å². The number of urea groups is 1. The van der Waals surface area contributed by atoms with Gasteiger partial charge in [0, 0.05) is 19.2 Å². The third kappa shape index (κ3) is 2.71. The summed E-state index contributed by atoms with van der Waals surface area (Å²) < 4.78 is 13.0. The Morgan fingerprint density at radius 3 is 3.14 bits per heavy atom. The van der Waals surface area contributed by atoms with Gasteiger partial charge >= 0.3 is 6.03 Å².